The number of halogens is 1. The molecule has 0 aliphatic carbocycles. The summed E-state index contributed by atoms with van der Waals surface area (Å²) in [4.78, 5) is 11.9. The van der Waals surface area contributed by atoms with Gasteiger partial charge < -0.3 is 10.6 Å². The molecule has 1 unspecified atom stereocenters. The molecule has 0 saturated carbocycles. The van der Waals surface area contributed by atoms with E-state index in [0.29, 0.717) is 0 Å². The molecule has 1 amide bonds. The molecule has 1 saturated heterocycles. The quantitative estimate of drug-likeness (QED) is 0.835. The fourth-order valence-electron chi connectivity index (χ4n) is 2.03. The predicted octanol–water partition coefficient (Wildman–Crippen LogP) is 1.09. The molecule has 1 aromatic rings. The van der Waals surface area contributed by atoms with Crippen molar-refractivity contribution in [3.63, 3.8) is 0 Å². The van der Waals surface area contributed by atoms with Crippen molar-refractivity contribution in [2.24, 2.45) is 13.0 Å². The Morgan fingerprint density at radius 1 is 1.65 bits per heavy atom. The van der Waals surface area contributed by atoms with E-state index >= 15 is 0 Å². The van der Waals surface area contributed by atoms with Crippen LogP contribution in [0, 0.1) is 12.8 Å². The zero-order valence-electron chi connectivity index (χ0n) is 10.2. The summed E-state index contributed by atoms with van der Waals surface area (Å²) in [6.07, 6.45) is 2.04. The van der Waals surface area contributed by atoms with Crippen LogP contribution in [-0.2, 0) is 11.8 Å². The van der Waals surface area contributed by atoms with Crippen molar-refractivity contribution < 1.29 is 4.79 Å². The van der Waals surface area contributed by atoms with E-state index in [0.717, 1.165) is 37.4 Å². The first-order chi connectivity index (χ1) is 7.66. The average Bonchev–Trinajstić information content (AvgIpc) is 2.59. The second kappa shape index (κ2) is 6.02. The zero-order chi connectivity index (χ0) is 11.5. The first-order valence-corrected chi connectivity index (χ1v) is 5.69. The SMILES string of the molecule is Cc1cc(NC(=O)C2CCCNC2)n(C)n1.Cl. The molecule has 0 radical (unpaired) electrons. The van der Waals surface area contributed by atoms with Gasteiger partial charge in [0.2, 0.25) is 5.91 Å². The fourth-order valence-corrected chi connectivity index (χ4v) is 2.03. The van der Waals surface area contributed by atoms with Gasteiger partial charge in [0, 0.05) is 19.7 Å². The van der Waals surface area contributed by atoms with Gasteiger partial charge in [-0.3, -0.25) is 9.48 Å². The molecule has 6 heteroatoms. The largest absolute Gasteiger partial charge is 0.316 e. The Kier molecular flexibility index (Phi) is 4.96. The van der Waals surface area contributed by atoms with Crippen LogP contribution in [0.1, 0.15) is 18.5 Å². The van der Waals surface area contributed by atoms with Crippen LogP contribution in [0.5, 0.6) is 0 Å². The summed E-state index contributed by atoms with van der Waals surface area (Å²) in [7, 11) is 1.84. The van der Waals surface area contributed by atoms with Crippen LogP contribution in [-0.4, -0.2) is 28.8 Å². The maximum absolute atomic E-state index is 11.9. The number of anilines is 1. The van der Waals surface area contributed by atoms with Gasteiger partial charge >= 0.3 is 0 Å². The van der Waals surface area contributed by atoms with Crippen LogP contribution >= 0.6 is 12.4 Å². The maximum Gasteiger partial charge on any atom is 0.229 e. The lowest BCUT2D eigenvalue weighted by Gasteiger charge is -2.21. The zero-order valence-corrected chi connectivity index (χ0v) is 11.0. The lowest BCUT2D eigenvalue weighted by atomic mass is 9.99. The van der Waals surface area contributed by atoms with Gasteiger partial charge in [0.1, 0.15) is 5.82 Å². The molecule has 2 N–H and O–H groups in total. The molecule has 1 aromatic heterocycles. The summed E-state index contributed by atoms with van der Waals surface area (Å²) in [5.41, 5.74) is 0.916. The van der Waals surface area contributed by atoms with Gasteiger partial charge in [-0.05, 0) is 26.3 Å². The highest BCUT2D eigenvalue weighted by atomic mass is 35.5. The van der Waals surface area contributed by atoms with Gasteiger partial charge in [-0.1, -0.05) is 0 Å². The Labute approximate surface area is 107 Å². The predicted molar refractivity (Wildman–Crippen MR) is 69.4 cm³/mol. The fraction of sp³-hybridized carbons (Fsp3) is 0.636. The molecule has 2 rings (SSSR count). The summed E-state index contributed by atoms with van der Waals surface area (Å²) in [5, 5.41) is 10.4. The second-order valence-electron chi connectivity index (χ2n) is 4.33. The molecule has 1 fully saturated rings. The highest BCUT2D eigenvalue weighted by molar-refractivity contribution is 5.92. The van der Waals surface area contributed by atoms with Crippen LogP contribution in [0.4, 0.5) is 5.82 Å². The Bertz CT molecular complexity index is 385. The van der Waals surface area contributed by atoms with E-state index in [1.54, 1.807) is 4.68 Å². The normalized spacial score (nSPS) is 19.5. The minimum Gasteiger partial charge on any atom is -0.316 e. The molecule has 1 aliphatic heterocycles. The molecular formula is C11H19ClN4O. The Hall–Kier alpha value is -1.07. The van der Waals surface area contributed by atoms with Gasteiger partial charge in [0.15, 0.2) is 0 Å². The monoisotopic (exact) mass is 258 g/mol. The standard InChI is InChI=1S/C11H18N4O.ClH/c1-8-6-10(15(2)14-8)13-11(16)9-4-3-5-12-7-9;/h6,9,12H,3-5,7H2,1-2H3,(H,13,16);1H. The number of aryl methyl sites for hydroxylation is 2. The van der Waals surface area contributed by atoms with Crippen molar-refractivity contribution in [1.29, 1.82) is 0 Å². The molecule has 96 valence electrons. The minimum atomic E-state index is 0. The van der Waals surface area contributed by atoms with Crippen LogP contribution in [0.3, 0.4) is 0 Å². The topological polar surface area (TPSA) is 59.0 Å². The molecule has 17 heavy (non-hydrogen) atoms. The smallest absolute Gasteiger partial charge is 0.229 e. The van der Waals surface area contributed by atoms with Crippen molar-refractivity contribution in [2.75, 3.05) is 18.4 Å². The Morgan fingerprint density at radius 3 is 2.94 bits per heavy atom. The van der Waals surface area contributed by atoms with Gasteiger partial charge in [-0.15, -0.1) is 12.4 Å². The van der Waals surface area contributed by atoms with E-state index in [1.807, 2.05) is 20.0 Å². The number of carbonyl (C=O) groups is 1. The first-order valence-electron chi connectivity index (χ1n) is 5.69. The lowest BCUT2D eigenvalue weighted by Crippen LogP contribution is -2.37. The average molecular weight is 259 g/mol. The van der Waals surface area contributed by atoms with Crippen molar-refractivity contribution in [3.8, 4) is 0 Å². The number of nitrogens with zero attached hydrogens (tertiary/aromatic N) is 2. The van der Waals surface area contributed by atoms with Crippen LogP contribution in [0.15, 0.2) is 6.07 Å². The molecule has 0 bridgehead atoms. The van der Waals surface area contributed by atoms with Crippen molar-refractivity contribution >= 4 is 24.1 Å². The summed E-state index contributed by atoms with van der Waals surface area (Å²) in [6, 6.07) is 1.88. The number of nitrogens with one attached hydrogen (secondary N) is 2. The van der Waals surface area contributed by atoms with Crippen LogP contribution in [0.25, 0.3) is 0 Å². The Morgan fingerprint density at radius 2 is 2.41 bits per heavy atom. The van der Waals surface area contributed by atoms with Gasteiger partial charge in [0.05, 0.1) is 11.6 Å². The molecule has 0 spiro atoms. The molecule has 2 heterocycles. The third kappa shape index (κ3) is 3.44. The van der Waals surface area contributed by atoms with E-state index in [1.165, 1.54) is 0 Å². The molecule has 1 atom stereocenters. The molecule has 1 aliphatic rings. The van der Waals surface area contributed by atoms with Gasteiger partial charge in [-0.25, -0.2) is 0 Å². The Balaban J connectivity index is 0.00000144. The second-order valence-corrected chi connectivity index (χ2v) is 4.33. The van der Waals surface area contributed by atoms with E-state index in [4.69, 9.17) is 0 Å². The molecule has 5 nitrogen and oxygen atoms in total. The van der Waals surface area contributed by atoms with Crippen molar-refractivity contribution in [3.05, 3.63) is 11.8 Å². The van der Waals surface area contributed by atoms with Crippen molar-refractivity contribution in [2.45, 2.75) is 19.8 Å². The number of amides is 1. The summed E-state index contributed by atoms with van der Waals surface area (Å²) in [6.45, 7) is 3.72. The minimum absolute atomic E-state index is 0. The van der Waals surface area contributed by atoms with E-state index in [2.05, 4.69) is 15.7 Å². The van der Waals surface area contributed by atoms with E-state index in [-0.39, 0.29) is 24.2 Å². The highest BCUT2D eigenvalue weighted by Crippen LogP contribution is 2.14. The number of aromatic nitrogens is 2. The lowest BCUT2D eigenvalue weighted by molar-refractivity contribution is -0.120. The van der Waals surface area contributed by atoms with E-state index in [9.17, 15) is 4.79 Å². The van der Waals surface area contributed by atoms with Gasteiger partial charge in [-0.2, -0.15) is 5.10 Å². The van der Waals surface area contributed by atoms with Crippen LogP contribution < -0.4 is 10.6 Å². The first kappa shape index (κ1) is 14.0. The third-order valence-corrected chi connectivity index (χ3v) is 2.92. The molecular weight excluding hydrogens is 240 g/mol. The number of carbonyl (C=O) groups excluding carboxylic acids is 1. The van der Waals surface area contributed by atoms with Crippen molar-refractivity contribution in [1.82, 2.24) is 15.1 Å². The maximum atomic E-state index is 11.9. The number of piperidine rings is 1. The number of hydrogen-bond donors (Lipinski definition) is 2. The molecule has 0 aromatic carbocycles. The highest BCUT2D eigenvalue weighted by Gasteiger charge is 2.21. The summed E-state index contributed by atoms with van der Waals surface area (Å²) < 4.78 is 1.70. The van der Waals surface area contributed by atoms with Crippen LogP contribution in [0.2, 0.25) is 0 Å². The van der Waals surface area contributed by atoms with Gasteiger partial charge in [0.25, 0.3) is 0 Å². The third-order valence-electron chi connectivity index (χ3n) is 2.92. The van der Waals surface area contributed by atoms with E-state index < -0.39 is 0 Å². The summed E-state index contributed by atoms with van der Waals surface area (Å²) in [5.74, 6) is 0.951. The summed E-state index contributed by atoms with van der Waals surface area (Å²) >= 11 is 0. The number of hydrogen-bond acceptors (Lipinski definition) is 3. The number of rotatable bonds is 2.